The van der Waals surface area contributed by atoms with Gasteiger partial charge in [0.1, 0.15) is 6.61 Å². The fourth-order valence-electron chi connectivity index (χ4n) is 1.75. The minimum Gasteiger partial charge on any atom is -0.489 e. The van der Waals surface area contributed by atoms with E-state index in [-0.39, 0.29) is 12.5 Å². The monoisotopic (exact) mass is 230 g/mol. The van der Waals surface area contributed by atoms with Crippen LogP contribution < -0.4 is 10.1 Å². The second kappa shape index (κ2) is 4.79. The Morgan fingerprint density at radius 1 is 1.65 bits per heavy atom. The zero-order chi connectivity index (χ0) is 12.3. The molecular weight excluding hydrogens is 216 g/mol. The molecule has 1 aliphatic heterocycles. The number of nitrogens with one attached hydrogen (secondary N) is 1. The van der Waals surface area contributed by atoms with Gasteiger partial charge in [0.15, 0.2) is 5.75 Å². The van der Waals surface area contributed by atoms with Gasteiger partial charge in [0.05, 0.1) is 17.8 Å². The van der Waals surface area contributed by atoms with Crippen molar-refractivity contribution >= 4 is 11.6 Å². The summed E-state index contributed by atoms with van der Waals surface area (Å²) in [6.45, 7) is 1.61. The Morgan fingerprint density at radius 3 is 3.24 bits per heavy atom. The van der Waals surface area contributed by atoms with Crippen molar-refractivity contribution in [2.24, 2.45) is 0 Å². The number of nitrogens with zero attached hydrogens (tertiary/aromatic N) is 1. The minimum atomic E-state index is -0.122. The van der Waals surface area contributed by atoms with Crippen molar-refractivity contribution in [2.45, 2.75) is 0 Å². The predicted octanol–water partition coefficient (Wildman–Crippen LogP) is 1.20. The summed E-state index contributed by atoms with van der Waals surface area (Å²) in [6.07, 6.45) is 5.20. The number of ether oxygens (including phenoxy) is 1. The van der Waals surface area contributed by atoms with Crippen LogP contribution in [0.2, 0.25) is 0 Å². The first-order chi connectivity index (χ1) is 8.24. The van der Waals surface area contributed by atoms with E-state index in [0.29, 0.717) is 17.9 Å². The standard InChI is InChI=1S/C13H14N2O2/c1-3-8-15(2)13(16)10-5-4-6-11-12(10)17-9-7-14-11/h1,4-6,14H,7-9H2,2H3. The molecule has 1 amide bonds. The number of fused-ring (bicyclic) bond motifs is 1. The lowest BCUT2D eigenvalue weighted by Gasteiger charge is -2.23. The van der Waals surface area contributed by atoms with Crippen LogP contribution in [0.5, 0.6) is 5.75 Å². The van der Waals surface area contributed by atoms with Gasteiger partial charge in [-0.25, -0.2) is 0 Å². The summed E-state index contributed by atoms with van der Waals surface area (Å²) in [5, 5.41) is 3.19. The number of hydrogen-bond donors (Lipinski definition) is 1. The lowest BCUT2D eigenvalue weighted by Crippen LogP contribution is -2.29. The highest BCUT2D eigenvalue weighted by atomic mass is 16.5. The summed E-state index contributed by atoms with van der Waals surface area (Å²) in [4.78, 5) is 13.6. The van der Waals surface area contributed by atoms with Gasteiger partial charge in [-0.1, -0.05) is 12.0 Å². The molecule has 1 N–H and O–H groups in total. The summed E-state index contributed by atoms with van der Waals surface area (Å²) >= 11 is 0. The molecule has 0 saturated carbocycles. The zero-order valence-electron chi connectivity index (χ0n) is 9.69. The minimum absolute atomic E-state index is 0.122. The lowest BCUT2D eigenvalue weighted by molar-refractivity contribution is 0.0808. The molecule has 0 saturated heterocycles. The molecule has 4 nitrogen and oxygen atoms in total. The van der Waals surface area contributed by atoms with E-state index in [1.165, 1.54) is 4.90 Å². The molecule has 1 aromatic rings. The van der Waals surface area contributed by atoms with Crippen LogP contribution in [0.15, 0.2) is 18.2 Å². The van der Waals surface area contributed by atoms with Crippen LogP contribution in [0.4, 0.5) is 5.69 Å². The van der Waals surface area contributed by atoms with Crippen LogP contribution in [0.25, 0.3) is 0 Å². The van der Waals surface area contributed by atoms with E-state index in [1.807, 2.05) is 12.1 Å². The van der Waals surface area contributed by atoms with Crippen molar-refractivity contribution in [1.82, 2.24) is 4.90 Å². The highest BCUT2D eigenvalue weighted by molar-refractivity contribution is 5.99. The molecule has 0 aliphatic carbocycles. The number of terminal acetylenes is 1. The Labute approximate surface area is 101 Å². The Kier molecular flexibility index (Phi) is 3.20. The molecule has 0 bridgehead atoms. The van der Waals surface area contributed by atoms with E-state index in [2.05, 4.69) is 11.2 Å². The molecular formula is C13H14N2O2. The molecule has 1 aliphatic rings. The van der Waals surface area contributed by atoms with Crippen LogP contribution in [0.3, 0.4) is 0 Å². The third-order valence-corrected chi connectivity index (χ3v) is 2.58. The molecule has 17 heavy (non-hydrogen) atoms. The molecule has 4 heteroatoms. The molecule has 1 heterocycles. The van der Waals surface area contributed by atoms with Crippen molar-refractivity contribution in [3.63, 3.8) is 0 Å². The Balaban J connectivity index is 2.33. The van der Waals surface area contributed by atoms with E-state index in [0.717, 1.165) is 12.2 Å². The molecule has 0 spiro atoms. The summed E-state index contributed by atoms with van der Waals surface area (Å²) in [5.74, 6) is 2.94. The van der Waals surface area contributed by atoms with E-state index in [1.54, 1.807) is 13.1 Å². The normalized spacial score (nSPS) is 12.7. The number of carbonyl (C=O) groups is 1. The molecule has 88 valence electrons. The highest BCUT2D eigenvalue weighted by Gasteiger charge is 2.20. The number of carbonyl (C=O) groups excluding carboxylic acids is 1. The van der Waals surface area contributed by atoms with Crippen molar-refractivity contribution in [1.29, 1.82) is 0 Å². The predicted molar refractivity (Wildman–Crippen MR) is 66.2 cm³/mol. The van der Waals surface area contributed by atoms with Crippen molar-refractivity contribution in [2.75, 3.05) is 32.1 Å². The van der Waals surface area contributed by atoms with Crippen LogP contribution in [0, 0.1) is 12.3 Å². The van der Waals surface area contributed by atoms with E-state index >= 15 is 0 Å². The maximum absolute atomic E-state index is 12.1. The van der Waals surface area contributed by atoms with Gasteiger partial charge in [-0.2, -0.15) is 0 Å². The number of benzene rings is 1. The second-order valence-corrected chi connectivity index (χ2v) is 3.82. The number of hydrogen-bond acceptors (Lipinski definition) is 3. The largest absolute Gasteiger partial charge is 0.489 e. The van der Waals surface area contributed by atoms with Gasteiger partial charge in [0.2, 0.25) is 0 Å². The maximum atomic E-state index is 12.1. The van der Waals surface area contributed by atoms with Crippen LogP contribution in [-0.4, -0.2) is 37.6 Å². The van der Waals surface area contributed by atoms with Gasteiger partial charge >= 0.3 is 0 Å². The average Bonchev–Trinajstić information content (AvgIpc) is 2.37. The molecule has 2 rings (SSSR count). The van der Waals surface area contributed by atoms with Crippen LogP contribution >= 0.6 is 0 Å². The maximum Gasteiger partial charge on any atom is 0.258 e. The Morgan fingerprint density at radius 2 is 2.47 bits per heavy atom. The fraction of sp³-hybridized carbons (Fsp3) is 0.308. The third kappa shape index (κ3) is 2.18. The molecule has 0 aromatic heterocycles. The van der Waals surface area contributed by atoms with Gasteiger partial charge in [-0.15, -0.1) is 6.42 Å². The highest BCUT2D eigenvalue weighted by Crippen LogP contribution is 2.31. The van der Waals surface area contributed by atoms with Gasteiger partial charge in [-0.3, -0.25) is 4.79 Å². The van der Waals surface area contributed by atoms with E-state index < -0.39 is 0 Å². The molecule has 0 atom stereocenters. The Bertz CT molecular complexity index is 477. The average molecular weight is 230 g/mol. The van der Waals surface area contributed by atoms with E-state index in [9.17, 15) is 4.79 Å². The summed E-state index contributed by atoms with van der Waals surface area (Å²) in [7, 11) is 1.68. The van der Waals surface area contributed by atoms with Crippen molar-refractivity contribution in [3.05, 3.63) is 23.8 Å². The first-order valence-corrected chi connectivity index (χ1v) is 5.42. The lowest BCUT2D eigenvalue weighted by atomic mass is 10.1. The number of rotatable bonds is 2. The Hall–Kier alpha value is -2.15. The number of para-hydroxylation sites is 1. The SMILES string of the molecule is C#CCN(C)C(=O)c1cccc2c1OCCN2. The smallest absolute Gasteiger partial charge is 0.258 e. The summed E-state index contributed by atoms with van der Waals surface area (Å²) in [5.41, 5.74) is 1.41. The summed E-state index contributed by atoms with van der Waals surface area (Å²) < 4.78 is 5.54. The molecule has 0 radical (unpaired) electrons. The first kappa shape index (κ1) is 11.3. The molecule has 0 unspecified atom stereocenters. The van der Waals surface area contributed by atoms with Crippen molar-refractivity contribution in [3.8, 4) is 18.1 Å². The van der Waals surface area contributed by atoms with Crippen molar-refractivity contribution < 1.29 is 9.53 Å². The molecule has 1 aromatic carbocycles. The van der Waals surface area contributed by atoms with Gasteiger partial charge in [0, 0.05) is 13.6 Å². The fourth-order valence-corrected chi connectivity index (χ4v) is 1.75. The van der Waals surface area contributed by atoms with Gasteiger partial charge in [-0.05, 0) is 12.1 Å². The third-order valence-electron chi connectivity index (χ3n) is 2.58. The first-order valence-electron chi connectivity index (χ1n) is 5.42. The number of amides is 1. The van der Waals surface area contributed by atoms with Crippen LogP contribution in [0.1, 0.15) is 10.4 Å². The van der Waals surface area contributed by atoms with Crippen LogP contribution in [-0.2, 0) is 0 Å². The molecule has 0 fully saturated rings. The van der Waals surface area contributed by atoms with Gasteiger partial charge in [0.25, 0.3) is 5.91 Å². The quantitative estimate of drug-likeness (QED) is 0.776. The zero-order valence-corrected chi connectivity index (χ0v) is 9.69. The summed E-state index contributed by atoms with van der Waals surface area (Å²) in [6, 6.07) is 5.48. The topological polar surface area (TPSA) is 41.6 Å². The number of anilines is 1. The van der Waals surface area contributed by atoms with Gasteiger partial charge < -0.3 is 15.0 Å². The van der Waals surface area contributed by atoms with E-state index in [4.69, 9.17) is 11.2 Å². The second-order valence-electron chi connectivity index (χ2n) is 3.82.